The zero-order valence-corrected chi connectivity index (χ0v) is 33.5. The molecule has 0 bridgehead atoms. The van der Waals surface area contributed by atoms with Crippen LogP contribution in [0.3, 0.4) is 0 Å². The molecule has 0 aliphatic heterocycles. The number of primary amides is 1. The van der Waals surface area contributed by atoms with E-state index in [2.05, 4.69) is 21.4 Å². The number of anilines is 1. The lowest BCUT2D eigenvalue weighted by Gasteiger charge is -2.29. The molecular weight excluding hydrogens is 754 g/mol. The molecular formula is C36H65N7O14. The number of ether oxygens (including phenoxy) is 8. The van der Waals surface area contributed by atoms with Crippen molar-refractivity contribution in [2.75, 3.05) is 118 Å². The lowest BCUT2D eigenvalue weighted by Crippen LogP contribution is -2.58. The number of rotatable bonds is 37. The normalized spacial score (nSPS) is 12.4. The highest BCUT2D eigenvalue weighted by molar-refractivity contribution is 5.97. The van der Waals surface area contributed by atoms with Crippen LogP contribution in [0.4, 0.5) is 10.5 Å². The van der Waals surface area contributed by atoms with E-state index in [1.807, 2.05) is 0 Å². The largest absolute Gasteiger partial charge is 0.392 e. The number of methoxy groups -OCH3 is 1. The van der Waals surface area contributed by atoms with Gasteiger partial charge in [0.25, 0.3) is 0 Å². The molecule has 21 nitrogen and oxygen atoms in total. The Labute approximate surface area is 334 Å². The van der Waals surface area contributed by atoms with Crippen LogP contribution in [-0.2, 0) is 63.8 Å². The van der Waals surface area contributed by atoms with Crippen LogP contribution < -0.4 is 33.0 Å². The van der Waals surface area contributed by atoms with Crippen molar-refractivity contribution in [3.63, 3.8) is 0 Å². The molecule has 328 valence electrons. The fourth-order valence-corrected chi connectivity index (χ4v) is 4.62. The molecule has 1 aromatic rings. The minimum atomic E-state index is -1.11. The average molecular weight is 820 g/mol. The maximum atomic E-state index is 13.4. The molecule has 0 saturated heterocycles. The van der Waals surface area contributed by atoms with E-state index in [-0.39, 0.29) is 39.2 Å². The zero-order valence-electron chi connectivity index (χ0n) is 33.5. The topological polar surface area (TPSA) is 275 Å². The third-order valence-electron chi connectivity index (χ3n) is 7.58. The first-order valence-electron chi connectivity index (χ1n) is 19.0. The summed E-state index contributed by atoms with van der Waals surface area (Å²) in [5.74, 6) is 3.89. The van der Waals surface area contributed by atoms with Gasteiger partial charge in [-0.05, 0) is 36.5 Å². The van der Waals surface area contributed by atoms with Crippen molar-refractivity contribution in [3.05, 3.63) is 29.8 Å². The maximum Gasteiger partial charge on any atom is 0.312 e. The predicted octanol–water partition coefficient (Wildman–Crippen LogP) is -0.634. The number of hydrazine groups is 1. The fraction of sp³-hybridized carbons (Fsp3) is 0.722. The van der Waals surface area contributed by atoms with Gasteiger partial charge < -0.3 is 64.7 Å². The van der Waals surface area contributed by atoms with Crippen LogP contribution in [0.1, 0.15) is 38.7 Å². The first-order valence-corrected chi connectivity index (χ1v) is 19.0. The standard InChI is InChI=1S/C36H65N7O14/c1-28(2)33(35(47)41-31(5-4-11-39-36(37)48)34(46)40-30-8-6-29(27-44)7-9-30)43(38)57-42-32(45)10-12-50-15-16-52-19-20-54-23-24-56-26-25-55-22-21-53-18-17-51-14-13-49-3/h6-9,28,31,33,44H,4-5,10-27,38H2,1-3H3,(H,40,46)(H,41,47)(H,42,45)(H3,37,39,48)/t31-,33-/m0/s1. The Bertz CT molecular complexity index is 1200. The van der Waals surface area contributed by atoms with Gasteiger partial charge in [0.1, 0.15) is 12.1 Å². The van der Waals surface area contributed by atoms with Crippen LogP contribution in [0.15, 0.2) is 24.3 Å². The third kappa shape index (κ3) is 27.7. The van der Waals surface area contributed by atoms with Crippen LogP contribution in [0, 0.1) is 5.92 Å². The van der Waals surface area contributed by atoms with Gasteiger partial charge in [-0.1, -0.05) is 31.2 Å². The minimum absolute atomic E-state index is 0.0553. The van der Waals surface area contributed by atoms with Gasteiger partial charge in [-0.3, -0.25) is 14.4 Å². The molecule has 21 heteroatoms. The van der Waals surface area contributed by atoms with Crippen molar-refractivity contribution in [1.29, 1.82) is 0 Å². The number of carbonyl (C=O) groups excluding carboxylic acids is 4. The van der Waals surface area contributed by atoms with Gasteiger partial charge in [0.2, 0.25) is 17.7 Å². The molecule has 0 radical (unpaired) electrons. The lowest BCUT2D eigenvalue weighted by atomic mass is 10.0. The molecule has 0 aliphatic carbocycles. The number of amides is 5. The first-order chi connectivity index (χ1) is 27.6. The molecule has 9 N–H and O–H groups in total. The number of nitrogens with zero attached hydrogens (tertiary/aromatic N) is 1. The van der Waals surface area contributed by atoms with E-state index >= 15 is 0 Å². The van der Waals surface area contributed by atoms with Gasteiger partial charge in [-0.25, -0.2) is 16.1 Å². The summed E-state index contributed by atoms with van der Waals surface area (Å²) in [4.78, 5) is 55.1. The lowest BCUT2D eigenvalue weighted by molar-refractivity contribution is -0.239. The molecule has 0 unspecified atom stereocenters. The second kappa shape index (κ2) is 34.5. The summed E-state index contributed by atoms with van der Waals surface area (Å²) in [5, 5.41) is 17.8. The van der Waals surface area contributed by atoms with E-state index < -0.39 is 41.8 Å². The molecule has 1 rings (SSSR count). The summed E-state index contributed by atoms with van der Waals surface area (Å²) in [6.45, 7) is 9.73. The van der Waals surface area contributed by atoms with Gasteiger partial charge >= 0.3 is 6.03 Å². The van der Waals surface area contributed by atoms with Crippen LogP contribution in [-0.4, -0.2) is 159 Å². The number of hydrogen-bond acceptors (Lipinski definition) is 16. The summed E-state index contributed by atoms with van der Waals surface area (Å²) in [6, 6.07) is 3.67. The number of benzene rings is 1. The molecule has 0 aromatic heterocycles. The maximum absolute atomic E-state index is 13.4. The van der Waals surface area contributed by atoms with E-state index in [0.29, 0.717) is 109 Å². The van der Waals surface area contributed by atoms with E-state index in [0.717, 1.165) is 0 Å². The van der Waals surface area contributed by atoms with E-state index in [1.54, 1.807) is 45.2 Å². The number of aliphatic hydroxyl groups excluding tert-OH is 1. The monoisotopic (exact) mass is 819 g/mol. The smallest absolute Gasteiger partial charge is 0.312 e. The summed E-state index contributed by atoms with van der Waals surface area (Å²) < 4.78 is 42.8. The number of hydrogen-bond donors (Lipinski definition) is 7. The quantitative estimate of drug-likeness (QED) is 0.0250. The van der Waals surface area contributed by atoms with Crippen molar-refractivity contribution < 1.29 is 67.1 Å². The molecule has 0 saturated carbocycles. The molecule has 2 atom stereocenters. The molecule has 0 aliphatic rings. The summed E-state index contributed by atoms with van der Waals surface area (Å²) >= 11 is 0. The number of nitrogens with one attached hydrogen (secondary N) is 4. The van der Waals surface area contributed by atoms with Gasteiger partial charge in [0.05, 0.1) is 112 Å². The predicted molar refractivity (Wildman–Crippen MR) is 206 cm³/mol. The van der Waals surface area contributed by atoms with E-state index in [1.165, 1.54) is 0 Å². The molecule has 0 spiro atoms. The highest BCUT2D eigenvalue weighted by atomic mass is 16.8. The zero-order chi connectivity index (χ0) is 41.9. The van der Waals surface area contributed by atoms with Crippen molar-refractivity contribution in [1.82, 2.24) is 21.3 Å². The Hall–Kier alpha value is -3.58. The second-order valence-electron chi connectivity index (χ2n) is 12.5. The highest BCUT2D eigenvalue weighted by Gasteiger charge is 2.32. The van der Waals surface area contributed by atoms with Crippen molar-refractivity contribution in [3.8, 4) is 0 Å². The first kappa shape index (κ1) is 51.4. The summed E-state index contributed by atoms with van der Waals surface area (Å²) in [6.07, 6.45) is 0.412. The second-order valence-corrected chi connectivity index (χ2v) is 12.5. The summed E-state index contributed by atoms with van der Waals surface area (Å²) in [5.41, 5.74) is 8.42. The van der Waals surface area contributed by atoms with Crippen LogP contribution >= 0.6 is 0 Å². The number of carbonyl (C=O) groups is 4. The van der Waals surface area contributed by atoms with Gasteiger partial charge in [0.15, 0.2) is 0 Å². The van der Waals surface area contributed by atoms with Crippen LogP contribution in [0.25, 0.3) is 0 Å². The summed E-state index contributed by atoms with van der Waals surface area (Å²) in [7, 11) is 1.63. The van der Waals surface area contributed by atoms with Gasteiger partial charge in [-0.15, -0.1) is 0 Å². The Kier molecular flexibility index (Phi) is 31.1. The molecule has 57 heavy (non-hydrogen) atoms. The Morgan fingerprint density at radius 2 is 1.19 bits per heavy atom. The van der Waals surface area contributed by atoms with Crippen molar-refractivity contribution in [2.45, 2.75) is 51.8 Å². The molecule has 1 aromatic carbocycles. The van der Waals surface area contributed by atoms with Crippen LogP contribution in [0.5, 0.6) is 0 Å². The number of urea groups is 1. The van der Waals surface area contributed by atoms with Crippen LogP contribution in [0.2, 0.25) is 0 Å². The van der Waals surface area contributed by atoms with Gasteiger partial charge in [0, 0.05) is 19.3 Å². The molecule has 0 heterocycles. The highest BCUT2D eigenvalue weighted by Crippen LogP contribution is 2.13. The molecule has 0 fully saturated rings. The number of hydroxylamine groups is 2. The van der Waals surface area contributed by atoms with Gasteiger partial charge in [-0.2, -0.15) is 4.94 Å². The number of aliphatic hydroxyl groups is 1. The number of nitrogens with two attached hydrogens (primary N) is 2. The Balaban J connectivity index is 2.22. The van der Waals surface area contributed by atoms with E-state index in [9.17, 15) is 24.3 Å². The average Bonchev–Trinajstić information content (AvgIpc) is 3.18. The molecule has 5 amide bonds. The Morgan fingerprint density at radius 1 is 0.719 bits per heavy atom. The SMILES string of the molecule is COCCOCCOCCOCCOCCOCCOCCOCCC(=O)NON(N)[C@H](C(=O)N[C@@H](CCCNC(N)=O)C(=O)Nc1ccc(CO)cc1)C(C)C. The minimum Gasteiger partial charge on any atom is -0.392 e. The third-order valence-corrected chi connectivity index (χ3v) is 7.58. The fourth-order valence-electron chi connectivity index (χ4n) is 4.62. The Morgan fingerprint density at radius 3 is 1.63 bits per heavy atom. The van der Waals surface area contributed by atoms with Crippen molar-refractivity contribution in [2.24, 2.45) is 17.5 Å². The van der Waals surface area contributed by atoms with E-state index in [4.69, 9.17) is 54.4 Å². The van der Waals surface area contributed by atoms with Crippen molar-refractivity contribution >= 4 is 29.4 Å².